The number of esters is 1. The Hall–Kier alpha value is -2.41. The first-order valence-electron chi connectivity index (χ1n) is 7.81. The van der Waals surface area contributed by atoms with E-state index in [-0.39, 0.29) is 12.5 Å². The zero-order valence-electron chi connectivity index (χ0n) is 13.6. The van der Waals surface area contributed by atoms with Crippen LogP contribution in [0.15, 0.2) is 18.2 Å². The molecule has 0 unspecified atom stereocenters. The predicted molar refractivity (Wildman–Crippen MR) is 93.8 cm³/mol. The third-order valence-corrected chi connectivity index (χ3v) is 4.97. The summed E-state index contributed by atoms with van der Waals surface area (Å²) in [7, 11) is 1.71. The van der Waals surface area contributed by atoms with Gasteiger partial charge in [0.1, 0.15) is 10.6 Å². The lowest BCUT2D eigenvalue weighted by Crippen LogP contribution is -2.21. The molecule has 0 saturated heterocycles. The second kappa shape index (κ2) is 7.00. The van der Waals surface area contributed by atoms with Crippen molar-refractivity contribution in [2.24, 2.45) is 0 Å². The summed E-state index contributed by atoms with van der Waals surface area (Å²) in [6.45, 7) is 1.41. The van der Waals surface area contributed by atoms with Gasteiger partial charge in [-0.25, -0.2) is 4.79 Å². The van der Waals surface area contributed by atoms with E-state index >= 15 is 0 Å². The SMILES string of the molecule is CNc1snc(C)c1C(=O)OCC(=O)Nc1ccc2c(c1)CCC2. The average Bonchev–Trinajstić information content (AvgIpc) is 3.18. The molecule has 1 aliphatic carbocycles. The van der Waals surface area contributed by atoms with Crippen LogP contribution in [-0.2, 0) is 22.4 Å². The summed E-state index contributed by atoms with van der Waals surface area (Å²) < 4.78 is 9.23. The lowest BCUT2D eigenvalue weighted by molar-refractivity contribution is -0.119. The normalized spacial score (nSPS) is 12.6. The molecular formula is C17H19N3O3S. The highest BCUT2D eigenvalue weighted by Crippen LogP contribution is 2.26. The number of rotatable bonds is 5. The highest BCUT2D eigenvalue weighted by atomic mass is 32.1. The molecule has 0 bridgehead atoms. The molecule has 0 aliphatic heterocycles. The smallest absolute Gasteiger partial charge is 0.343 e. The number of nitrogens with one attached hydrogen (secondary N) is 2. The number of anilines is 2. The quantitative estimate of drug-likeness (QED) is 0.815. The van der Waals surface area contributed by atoms with E-state index in [1.54, 1.807) is 14.0 Å². The number of carbonyl (C=O) groups excluding carboxylic acids is 2. The van der Waals surface area contributed by atoms with Gasteiger partial charge in [-0.3, -0.25) is 4.79 Å². The number of amides is 1. The molecule has 0 radical (unpaired) electrons. The summed E-state index contributed by atoms with van der Waals surface area (Å²) in [5.41, 5.74) is 4.34. The maximum absolute atomic E-state index is 12.1. The maximum Gasteiger partial charge on any atom is 0.343 e. The van der Waals surface area contributed by atoms with Crippen molar-refractivity contribution in [3.05, 3.63) is 40.6 Å². The van der Waals surface area contributed by atoms with Gasteiger partial charge in [-0.1, -0.05) is 6.07 Å². The molecule has 126 valence electrons. The van der Waals surface area contributed by atoms with Crippen molar-refractivity contribution in [3.63, 3.8) is 0 Å². The fourth-order valence-electron chi connectivity index (χ4n) is 2.83. The van der Waals surface area contributed by atoms with Crippen LogP contribution in [0.3, 0.4) is 0 Å². The lowest BCUT2D eigenvalue weighted by atomic mass is 10.1. The van der Waals surface area contributed by atoms with Gasteiger partial charge in [0.25, 0.3) is 5.91 Å². The van der Waals surface area contributed by atoms with Crippen molar-refractivity contribution in [3.8, 4) is 0 Å². The van der Waals surface area contributed by atoms with Gasteiger partial charge in [0.05, 0.1) is 5.69 Å². The predicted octanol–water partition coefficient (Wildman–Crippen LogP) is 2.78. The van der Waals surface area contributed by atoms with Gasteiger partial charge < -0.3 is 15.4 Å². The van der Waals surface area contributed by atoms with E-state index in [0.717, 1.165) is 24.9 Å². The minimum atomic E-state index is -0.547. The number of nitrogens with zero attached hydrogens (tertiary/aromatic N) is 1. The van der Waals surface area contributed by atoms with E-state index in [1.165, 1.54) is 22.7 Å². The molecule has 6 nitrogen and oxygen atoms in total. The lowest BCUT2D eigenvalue weighted by Gasteiger charge is -2.09. The average molecular weight is 345 g/mol. The van der Waals surface area contributed by atoms with E-state index in [4.69, 9.17) is 4.74 Å². The van der Waals surface area contributed by atoms with Gasteiger partial charge in [-0.2, -0.15) is 4.37 Å². The van der Waals surface area contributed by atoms with E-state index < -0.39 is 5.97 Å². The topological polar surface area (TPSA) is 80.3 Å². The number of hydrogen-bond acceptors (Lipinski definition) is 6. The molecule has 1 aromatic heterocycles. The Morgan fingerprint density at radius 2 is 2.08 bits per heavy atom. The molecule has 0 fully saturated rings. The molecule has 7 heteroatoms. The molecule has 3 rings (SSSR count). The number of aryl methyl sites for hydroxylation is 3. The Morgan fingerprint density at radius 1 is 1.29 bits per heavy atom. The third kappa shape index (κ3) is 3.41. The first kappa shape index (κ1) is 16.4. The number of fused-ring (bicyclic) bond motifs is 1. The number of benzene rings is 1. The molecule has 1 heterocycles. The summed E-state index contributed by atoms with van der Waals surface area (Å²) in [4.78, 5) is 24.2. The van der Waals surface area contributed by atoms with Crippen LogP contribution in [0.5, 0.6) is 0 Å². The molecule has 2 aromatic rings. The van der Waals surface area contributed by atoms with Crippen LogP contribution >= 0.6 is 11.5 Å². The van der Waals surface area contributed by atoms with E-state index in [1.807, 2.05) is 18.2 Å². The molecule has 0 spiro atoms. The Kier molecular flexibility index (Phi) is 4.80. The van der Waals surface area contributed by atoms with Crippen molar-refractivity contribution >= 4 is 34.1 Å². The Morgan fingerprint density at radius 3 is 2.88 bits per heavy atom. The summed E-state index contributed by atoms with van der Waals surface area (Å²) in [5.74, 6) is -0.900. The maximum atomic E-state index is 12.1. The monoisotopic (exact) mass is 345 g/mol. The fraction of sp³-hybridized carbons (Fsp3) is 0.353. The third-order valence-electron chi connectivity index (χ3n) is 4.01. The van der Waals surface area contributed by atoms with Crippen molar-refractivity contribution in [1.82, 2.24) is 4.37 Å². The van der Waals surface area contributed by atoms with Gasteiger partial charge >= 0.3 is 5.97 Å². The number of aromatic nitrogens is 1. The zero-order valence-corrected chi connectivity index (χ0v) is 14.5. The van der Waals surface area contributed by atoms with Crippen LogP contribution in [0.1, 0.15) is 33.6 Å². The van der Waals surface area contributed by atoms with Crippen molar-refractivity contribution in [1.29, 1.82) is 0 Å². The summed E-state index contributed by atoms with van der Waals surface area (Å²) in [5, 5.41) is 6.31. The Balaban J connectivity index is 1.57. The fourth-order valence-corrected chi connectivity index (χ4v) is 3.56. The zero-order chi connectivity index (χ0) is 17.1. The summed E-state index contributed by atoms with van der Waals surface area (Å²) in [6, 6.07) is 5.92. The second-order valence-electron chi connectivity index (χ2n) is 5.68. The van der Waals surface area contributed by atoms with Gasteiger partial charge in [0.15, 0.2) is 6.61 Å². The molecule has 24 heavy (non-hydrogen) atoms. The Bertz CT molecular complexity index is 785. The van der Waals surface area contributed by atoms with E-state index in [2.05, 4.69) is 15.0 Å². The summed E-state index contributed by atoms with van der Waals surface area (Å²) in [6.07, 6.45) is 3.31. The molecule has 0 atom stereocenters. The van der Waals surface area contributed by atoms with Crippen LogP contribution < -0.4 is 10.6 Å². The Labute approximate surface area is 144 Å². The van der Waals surface area contributed by atoms with Crippen LogP contribution in [0.25, 0.3) is 0 Å². The van der Waals surface area contributed by atoms with E-state index in [9.17, 15) is 9.59 Å². The molecule has 1 aromatic carbocycles. The molecule has 1 amide bonds. The van der Waals surface area contributed by atoms with Gasteiger partial charge in [0.2, 0.25) is 0 Å². The van der Waals surface area contributed by atoms with Crippen LogP contribution in [0.2, 0.25) is 0 Å². The molecular weight excluding hydrogens is 326 g/mol. The van der Waals surface area contributed by atoms with Crippen LogP contribution in [0, 0.1) is 6.92 Å². The van der Waals surface area contributed by atoms with Crippen LogP contribution in [0.4, 0.5) is 10.7 Å². The van der Waals surface area contributed by atoms with Gasteiger partial charge in [0, 0.05) is 12.7 Å². The first-order chi connectivity index (χ1) is 11.6. The number of carbonyl (C=O) groups is 2. The van der Waals surface area contributed by atoms with E-state index in [0.29, 0.717) is 16.3 Å². The second-order valence-corrected chi connectivity index (χ2v) is 6.46. The molecule has 1 aliphatic rings. The standard InChI is InChI=1S/C17H19N3O3S/c1-10-15(16(18-2)24-20-10)17(22)23-9-14(21)19-13-7-6-11-4-3-5-12(11)8-13/h6-8,18H,3-5,9H2,1-2H3,(H,19,21). The molecule has 0 saturated carbocycles. The van der Waals surface area contributed by atoms with Crippen LogP contribution in [-0.4, -0.2) is 29.9 Å². The van der Waals surface area contributed by atoms with Gasteiger partial charge in [-0.15, -0.1) is 0 Å². The first-order valence-corrected chi connectivity index (χ1v) is 8.58. The van der Waals surface area contributed by atoms with Crippen molar-refractivity contribution in [2.75, 3.05) is 24.3 Å². The number of hydrogen-bond donors (Lipinski definition) is 2. The highest BCUT2D eigenvalue weighted by molar-refractivity contribution is 7.10. The minimum absolute atomic E-state index is 0.325. The number of ether oxygens (including phenoxy) is 1. The highest BCUT2D eigenvalue weighted by Gasteiger charge is 2.20. The van der Waals surface area contributed by atoms with Crippen molar-refractivity contribution < 1.29 is 14.3 Å². The van der Waals surface area contributed by atoms with Gasteiger partial charge in [-0.05, 0) is 61.0 Å². The largest absolute Gasteiger partial charge is 0.452 e. The minimum Gasteiger partial charge on any atom is -0.452 e. The van der Waals surface area contributed by atoms with Crippen molar-refractivity contribution in [2.45, 2.75) is 26.2 Å². The molecule has 2 N–H and O–H groups in total. The summed E-state index contributed by atoms with van der Waals surface area (Å²) >= 11 is 1.19.